The molecule has 0 radical (unpaired) electrons. The summed E-state index contributed by atoms with van der Waals surface area (Å²) in [6, 6.07) is 28.4. The van der Waals surface area contributed by atoms with Gasteiger partial charge in [0.2, 0.25) is 0 Å². The Morgan fingerprint density at radius 2 is 1.37 bits per heavy atom. The van der Waals surface area contributed by atoms with Crippen LogP contribution >= 0.6 is 0 Å². The zero-order chi connectivity index (χ0) is 20.7. The molecule has 1 aliphatic rings. The summed E-state index contributed by atoms with van der Waals surface area (Å²) in [6.45, 7) is 1.84. The number of ketones is 2. The van der Waals surface area contributed by atoms with Crippen LogP contribution in [-0.2, 0) is 0 Å². The summed E-state index contributed by atoms with van der Waals surface area (Å²) in [7, 11) is 0. The van der Waals surface area contributed by atoms with Gasteiger partial charge in [-0.25, -0.2) is 0 Å². The lowest BCUT2D eigenvalue weighted by Gasteiger charge is -2.19. The highest BCUT2D eigenvalue weighted by Gasteiger charge is 2.49. The van der Waals surface area contributed by atoms with E-state index in [1.807, 2.05) is 85.8 Å². The van der Waals surface area contributed by atoms with E-state index in [2.05, 4.69) is 0 Å². The van der Waals surface area contributed by atoms with Crippen LogP contribution in [0.4, 0.5) is 0 Å². The quantitative estimate of drug-likeness (QED) is 0.388. The van der Waals surface area contributed by atoms with Crippen LogP contribution in [-0.4, -0.2) is 11.6 Å². The van der Waals surface area contributed by atoms with Crippen LogP contribution in [0.15, 0.2) is 95.4 Å². The van der Waals surface area contributed by atoms with Gasteiger partial charge >= 0.3 is 0 Å². The van der Waals surface area contributed by atoms with Crippen LogP contribution in [0.3, 0.4) is 0 Å². The molecular weight excluding hydrogens is 372 g/mol. The van der Waals surface area contributed by atoms with Gasteiger partial charge in [0.1, 0.15) is 11.5 Å². The molecule has 0 spiro atoms. The molecular formula is C27H20O3. The largest absolute Gasteiger partial charge is 0.460 e. The van der Waals surface area contributed by atoms with Gasteiger partial charge in [-0.1, -0.05) is 91.0 Å². The van der Waals surface area contributed by atoms with Crippen LogP contribution in [0.25, 0.3) is 11.3 Å². The number of fused-ring (bicyclic) bond motifs is 1. The molecule has 0 bridgehead atoms. The number of benzene rings is 3. The van der Waals surface area contributed by atoms with Crippen molar-refractivity contribution in [2.75, 3.05) is 0 Å². The SMILES string of the molecule is Cc1oc(-c2ccccc2)c2c1[C@H](C(=O)c1ccccc1)[C@@H](c1ccccc1)C2=O. The topological polar surface area (TPSA) is 47.3 Å². The first kappa shape index (κ1) is 18.3. The van der Waals surface area contributed by atoms with Crippen LogP contribution in [0.2, 0.25) is 0 Å². The fraction of sp³-hybridized carbons (Fsp3) is 0.111. The lowest BCUT2D eigenvalue weighted by Crippen LogP contribution is -2.20. The monoisotopic (exact) mass is 392 g/mol. The Labute approximate surface area is 175 Å². The maximum Gasteiger partial charge on any atom is 0.175 e. The third kappa shape index (κ3) is 2.82. The number of carbonyl (C=O) groups is 2. The number of hydrogen-bond acceptors (Lipinski definition) is 3. The van der Waals surface area contributed by atoms with E-state index in [0.717, 1.165) is 16.7 Å². The van der Waals surface area contributed by atoms with Crippen LogP contribution in [0.5, 0.6) is 0 Å². The average Bonchev–Trinajstić information content (AvgIpc) is 3.30. The van der Waals surface area contributed by atoms with E-state index in [-0.39, 0.29) is 11.6 Å². The molecule has 5 rings (SSSR count). The van der Waals surface area contributed by atoms with Gasteiger partial charge < -0.3 is 4.42 Å². The second-order valence-corrected chi connectivity index (χ2v) is 7.60. The maximum atomic E-state index is 13.7. The minimum atomic E-state index is -0.599. The number of carbonyl (C=O) groups excluding carboxylic acids is 2. The molecule has 0 fully saturated rings. The summed E-state index contributed by atoms with van der Waals surface area (Å²) in [5.74, 6) is -0.0801. The Morgan fingerprint density at radius 1 is 0.800 bits per heavy atom. The fourth-order valence-corrected chi connectivity index (χ4v) is 4.51. The van der Waals surface area contributed by atoms with Crippen LogP contribution < -0.4 is 0 Å². The second kappa shape index (κ2) is 7.27. The zero-order valence-corrected chi connectivity index (χ0v) is 16.5. The molecule has 0 saturated heterocycles. The number of aryl methyl sites for hydroxylation is 1. The second-order valence-electron chi connectivity index (χ2n) is 7.60. The van der Waals surface area contributed by atoms with Gasteiger partial charge in [-0.2, -0.15) is 0 Å². The zero-order valence-electron chi connectivity index (χ0n) is 16.5. The predicted octanol–water partition coefficient (Wildman–Crippen LogP) is 6.20. The molecule has 2 atom stereocenters. The molecule has 146 valence electrons. The standard InChI is InChI=1S/C27H20O3/c1-17-21-23(25(28)19-13-7-3-8-14-19)22(18-11-5-2-6-12-18)26(29)24(21)27(30-17)20-15-9-4-10-16-20/h2-16,22-23H,1H3/t22-,23+/m1/s1. The fourth-order valence-electron chi connectivity index (χ4n) is 4.51. The van der Waals surface area contributed by atoms with Crippen molar-refractivity contribution in [2.45, 2.75) is 18.8 Å². The third-order valence-electron chi connectivity index (χ3n) is 5.84. The number of hydrogen-bond donors (Lipinski definition) is 0. The molecule has 1 aliphatic carbocycles. The van der Waals surface area contributed by atoms with Gasteiger partial charge in [-0.15, -0.1) is 0 Å². The molecule has 0 aliphatic heterocycles. The van der Waals surface area contributed by atoms with E-state index < -0.39 is 11.8 Å². The first-order chi connectivity index (χ1) is 14.7. The normalized spacial score (nSPS) is 17.7. The highest BCUT2D eigenvalue weighted by Crippen LogP contribution is 2.51. The molecule has 0 amide bonds. The Hall–Kier alpha value is -3.72. The summed E-state index contributed by atoms with van der Waals surface area (Å²) in [4.78, 5) is 27.4. The minimum absolute atomic E-state index is 0.0545. The summed E-state index contributed by atoms with van der Waals surface area (Å²) < 4.78 is 6.07. The minimum Gasteiger partial charge on any atom is -0.460 e. The summed E-state index contributed by atoms with van der Waals surface area (Å²) >= 11 is 0. The molecule has 0 saturated carbocycles. The Balaban J connectivity index is 1.73. The van der Waals surface area contributed by atoms with E-state index >= 15 is 0 Å². The van der Waals surface area contributed by atoms with Crippen molar-refractivity contribution in [3.8, 4) is 11.3 Å². The van der Waals surface area contributed by atoms with Crippen molar-refractivity contribution in [3.05, 3.63) is 119 Å². The van der Waals surface area contributed by atoms with E-state index in [9.17, 15) is 9.59 Å². The number of Topliss-reactive ketones (excluding diaryl/α,β-unsaturated/α-hetero) is 2. The van der Waals surface area contributed by atoms with E-state index in [4.69, 9.17) is 4.42 Å². The highest BCUT2D eigenvalue weighted by atomic mass is 16.3. The van der Waals surface area contributed by atoms with Gasteiger partial charge in [0.05, 0.1) is 17.4 Å². The van der Waals surface area contributed by atoms with Crippen molar-refractivity contribution < 1.29 is 14.0 Å². The molecule has 4 aromatic rings. The van der Waals surface area contributed by atoms with Gasteiger partial charge in [-0.05, 0) is 12.5 Å². The van der Waals surface area contributed by atoms with E-state index in [0.29, 0.717) is 22.6 Å². The lowest BCUT2D eigenvalue weighted by atomic mass is 9.81. The first-order valence-corrected chi connectivity index (χ1v) is 10.0. The Kier molecular flexibility index (Phi) is 4.44. The van der Waals surface area contributed by atoms with Crippen molar-refractivity contribution in [2.24, 2.45) is 0 Å². The molecule has 1 aromatic heterocycles. The summed E-state index contributed by atoms with van der Waals surface area (Å²) in [5, 5.41) is 0. The van der Waals surface area contributed by atoms with Crippen LogP contribution in [0.1, 0.15) is 49.4 Å². The van der Waals surface area contributed by atoms with E-state index in [1.165, 1.54) is 0 Å². The first-order valence-electron chi connectivity index (χ1n) is 10.0. The molecule has 1 heterocycles. The van der Waals surface area contributed by atoms with Crippen molar-refractivity contribution >= 4 is 11.6 Å². The van der Waals surface area contributed by atoms with Crippen molar-refractivity contribution in [1.29, 1.82) is 0 Å². The smallest absolute Gasteiger partial charge is 0.175 e. The number of furan rings is 1. The molecule has 30 heavy (non-hydrogen) atoms. The van der Waals surface area contributed by atoms with Gasteiger partial charge in [0.15, 0.2) is 11.6 Å². The number of rotatable bonds is 4. The van der Waals surface area contributed by atoms with Gasteiger partial charge in [0.25, 0.3) is 0 Å². The lowest BCUT2D eigenvalue weighted by molar-refractivity contribution is 0.0888. The molecule has 0 unspecified atom stereocenters. The summed E-state index contributed by atoms with van der Waals surface area (Å²) in [6.07, 6.45) is 0. The Bertz CT molecular complexity index is 1220. The molecule has 3 aromatic carbocycles. The highest BCUT2D eigenvalue weighted by molar-refractivity contribution is 6.17. The van der Waals surface area contributed by atoms with Gasteiger partial charge in [-0.3, -0.25) is 9.59 Å². The molecule has 3 nitrogen and oxygen atoms in total. The van der Waals surface area contributed by atoms with Crippen LogP contribution in [0, 0.1) is 6.92 Å². The van der Waals surface area contributed by atoms with Crippen molar-refractivity contribution in [3.63, 3.8) is 0 Å². The predicted molar refractivity (Wildman–Crippen MR) is 116 cm³/mol. The summed E-state index contributed by atoms with van der Waals surface area (Å²) in [5.41, 5.74) is 3.57. The average molecular weight is 392 g/mol. The maximum absolute atomic E-state index is 13.7. The van der Waals surface area contributed by atoms with Crippen molar-refractivity contribution in [1.82, 2.24) is 0 Å². The third-order valence-corrected chi connectivity index (χ3v) is 5.84. The molecule has 3 heteroatoms. The van der Waals surface area contributed by atoms with Gasteiger partial charge in [0, 0.05) is 16.7 Å². The van der Waals surface area contributed by atoms with E-state index in [1.54, 1.807) is 12.1 Å². The molecule has 0 N–H and O–H groups in total. The Morgan fingerprint density at radius 3 is 2.00 bits per heavy atom.